The topological polar surface area (TPSA) is 17.1 Å². The predicted octanol–water partition coefficient (Wildman–Crippen LogP) is 4.02. The van der Waals surface area contributed by atoms with Crippen molar-refractivity contribution in [3.63, 3.8) is 0 Å². The number of hydrogen-bond donors (Lipinski definition) is 0. The van der Waals surface area contributed by atoms with Crippen LogP contribution < -0.4 is 0 Å². The third-order valence-corrected chi connectivity index (χ3v) is 2.93. The Morgan fingerprint density at radius 2 is 1.88 bits per heavy atom. The molecule has 1 rings (SSSR count). The number of ketones is 1. The predicted molar refractivity (Wildman–Crippen MR) is 68.6 cm³/mol. The van der Waals surface area contributed by atoms with Crippen LogP contribution in [0, 0.1) is 6.92 Å². The number of hydrogen-bond acceptors (Lipinski definition) is 1. The van der Waals surface area contributed by atoms with Crippen molar-refractivity contribution in [2.75, 3.05) is 0 Å². The molecule has 0 aromatic heterocycles. The summed E-state index contributed by atoms with van der Waals surface area (Å²) in [5.74, 6) is 0.614. The molecular weight excluding hydrogens is 196 g/mol. The van der Waals surface area contributed by atoms with E-state index in [2.05, 4.69) is 44.7 Å². The molecule has 0 aliphatic heterocycles. The van der Waals surface area contributed by atoms with Crippen LogP contribution in [0.25, 0.3) is 0 Å². The normalized spacial score (nSPS) is 12.2. The Labute approximate surface area is 98.2 Å². The summed E-state index contributed by atoms with van der Waals surface area (Å²) in [6.45, 7) is 9.69. The number of benzene rings is 1. The smallest absolute Gasteiger partial charge is 0.158 e. The SMILES string of the molecule is C=C(C)C(=O)CC[C@H](C)c1ccc(C)cc1. The number of rotatable bonds is 5. The third kappa shape index (κ3) is 3.65. The Bertz CT molecular complexity index is 373. The summed E-state index contributed by atoms with van der Waals surface area (Å²) in [4.78, 5) is 11.4. The molecule has 16 heavy (non-hydrogen) atoms. The van der Waals surface area contributed by atoms with E-state index in [1.54, 1.807) is 6.92 Å². The summed E-state index contributed by atoms with van der Waals surface area (Å²) in [6.07, 6.45) is 1.50. The minimum absolute atomic E-state index is 0.180. The highest BCUT2D eigenvalue weighted by Gasteiger charge is 2.08. The van der Waals surface area contributed by atoms with Crippen molar-refractivity contribution in [1.29, 1.82) is 0 Å². The first-order chi connectivity index (χ1) is 7.50. The van der Waals surface area contributed by atoms with E-state index < -0.39 is 0 Å². The van der Waals surface area contributed by atoms with Crippen molar-refractivity contribution in [2.24, 2.45) is 0 Å². The van der Waals surface area contributed by atoms with Gasteiger partial charge >= 0.3 is 0 Å². The van der Waals surface area contributed by atoms with Crippen LogP contribution in [0.15, 0.2) is 36.4 Å². The molecule has 1 heteroatoms. The van der Waals surface area contributed by atoms with Gasteiger partial charge in [-0.1, -0.05) is 43.3 Å². The second-order valence-electron chi connectivity index (χ2n) is 4.55. The minimum Gasteiger partial charge on any atom is -0.295 e. The summed E-state index contributed by atoms with van der Waals surface area (Å²) >= 11 is 0. The summed E-state index contributed by atoms with van der Waals surface area (Å²) in [7, 11) is 0. The zero-order valence-corrected chi connectivity index (χ0v) is 10.4. The number of allylic oxidation sites excluding steroid dienone is 1. The molecule has 0 aliphatic carbocycles. The molecule has 0 saturated heterocycles. The molecule has 0 heterocycles. The van der Waals surface area contributed by atoms with E-state index in [1.807, 2.05) is 0 Å². The maximum Gasteiger partial charge on any atom is 0.158 e. The molecule has 1 aromatic carbocycles. The summed E-state index contributed by atoms with van der Waals surface area (Å²) < 4.78 is 0. The highest BCUT2D eigenvalue weighted by Crippen LogP contribution is 2.21. The first-order valence-corrected chi connectivity index (χ1v) is 5.76. The van der Waals surface area contributed by atoms with Gasteiger partial charge in [0.1, 0.15) is 0 Å². The maximum absolute atomic E-state index is 11.4. The Kier molecular flexibility index (Phi) is 4.48. The number of Topliss-reactive ketones (excluding diaryl/α,β-unsaturated/α-hetero) is 1. The second kappa shape index (κ2) is 5.64. The molecule has 1 atom stereocenters. The standard InChI is InChI=1S/C15H20O/c1-11(2)15(16)10-7-13(4)14-8-5-12(3)6-9-14/h5-6,8-9,13H,1,7,10H2,2-4H3/t13-/m0/s1. The fraction of sp³-hybridized carbons (Fsp3) is 0.400. The first-order valence-electron chi connectivity index (χ1n) is 5.76. The average molecular weight is 216 g/mol. The molecule has 1 nitrogen and oxygen atoms in total. The molecule has 0 radical (unpaired) electrons. The molecule has 0 aliphatic rings. The molecule has 0 saturated carbocycles. The molecular formula is C15H20O. The van der Waals surface area contributed by atoms with Crippen molar-refractivity contribution in [2.45, 2.75) is 39.5 Å². The van der Waals surface area contributed by atoms with Crippen LogP contribution >= 0.6 is 0 Å². The second-order valence-corrected chi connectivity index (χ2v) is 4.55. The highest BCUT2D eigenvalue weighted by atomic mass is 16.1. The molecule has 1 aromatic rings. The fourth-order valence-corrected chi connectivity index (χ4v) is 1.62. The summed E-state index contributed by atoms with van der Waals surface area (Å²) in [5.41, 5.74) is 3.24. The maximum atomic E-state index is 11.4. The number of carbonyl (C=O) groups is 1. The highest BCUT2D eigenvalue weighted by molar-refractivity contribution is 5.94. The van der Waals surface area contributed by atoms with Crippen LogP contribution in [0.5, 0.6) is 0 Å². The monoisotopic (exact) mass is 216 g/mol. The van der Waals surface area contributed by atoms with Crippen LogP contribution in [0.4, 0.5) is 0 Å². The van der Waals surface area contributed by atoms with Crippen molar-refractivity contribution in [3.8, 4) is 0 Å². The van der Waals surface area contributed by atoms with E-state index in [0.717, 1.165) is 6.42 Å². The Morgan fingerprint density at radius 3 is 2.38 bits per heavy atom. The summed E-state index contributed by atoms with van der Waals surface area (Å²) in [5, 5.41) is 0. The zero-order valence-electron chi connectivity index (χ0n) is 10.4. The van der Waals surface area contributed by atoms with E-state index in [-0.39, 0.29) is 5.78 Å². The Hall–Kier alpha value is -1.37. The summed E-state index contributed by atoms with van der Waals surface area (Å²) in [6, 6.07) is 8.52. The number of carbonyl (C=O) groups excluding carboxylic acids is 1. The van der Waals surface area contributed by atoms with Crippen molar-refractivity contribution in [1.82, 2.24) is 0 Å². The van der Waals surface area contributed by atoms with Crippen molar-refractivity contribution < 1.29 is 4.79 Å². The first kappa shape index (κ1) is 12.7. The van der Waals surface area contributed by atoms with E-state index in [9.17, 15) is 4.79 Å². The molecule has 0 amide bonds. The van der Waals surface area contributed by atoms with Crippen LogP contribution in [0.2, 0.25) is 0 Å². The van der Waals surface area contributed by atoms with Gasteiger partial charge in [0.2, 0.25) is 0 Å². The lowest BCUT2D eigenvalue weighted by molar-refractivity contribution is -0.115. The van der Waals surface area contributed by atoms with Gasteiger partial charge in [-0.2, -0.15) is 0 Å². The van der Waals surface area contributed by atoms with Gasteiger partial charge < -0.3 is 0 Å². The van der Waals surface area contributed by atoms with E-state index in [0.29, 0.717) is 17.9 Å². The van der Waals surface area contributed by atoms with Crippen LogP contribution in [-0.4, -0.2) is 5.78 Å². The van der Waals surface area contributed by atoms with Crippen LogP contribution in [0.3, 0.4) is 0 Å². The lowest BCUT2D eigenvalue weighted by atomic mass is 9.93. The lowest BCUT2D eigenvalue weighted by Crippen LogP contribution is -2.02. The zero-order chi connectivity index (χ0) is 12.1. The third-order valence-electron chi connectivity index (χ3n) is 2.93. The molecule has 0 spiro atoms. The molecule has 86 valence electrons. The lowest BCUT2D eigenvalue weighted by Gasteiger charge is -2.11. The molecule has 0 bridgehead atoms. The van der Waals surface area contributed by atoms with Crippen LogP contribution in [0.1, 0.15) is 43.7 Å². The molecule has 0 N–H and O–H groups in total. The largest absolute Gasteiger partial charge is 0.295 e. The van der Waals surface area contributed by atoms with Gasteiger partial charge in [-0.3, -0.25) is 4.79 Å². The molecule has 0 fully saturated rings. The van der Waals surface area contributed by atoms with E-state index in [4.69, 9.17) is 0 Å². The van der Waals surface area contributed by atoms with Gasteiger partial charge in [0.25, 0.3) is 0 Å². The van der Waals surface area contributed by atoms with Gasteiger partial charge in [-0.05, 0) is 37.3 Å². The van der Waals surface area contributed by atoms with Crippen molar-refractivity contribution >= 4 is 5.78 Å². The van der Waals surface area contributed by atoms with Gasteiger partial charge in [-0.15, -0.1) is 0 Å². The van der Waals surface area contributed by atoms with Crippen molar-refractivity contribution in [3.05, 3.63) is 47.5 Å². The number of aryl methyl sites for hydroxylation is 1. The van der Waals surface area contributed by atoms with Gasteiger partial charge in [0.05, 0.1) is 0 Å². The fourth-order valence-electron chi connectivity index (χ4n) is 1.62. The van der Waals surface area contributed by atoms with E-state index in [1.165, 1.54) is 11.1 Å². The van der Waals surface area contributed by atoms with Gasteiger partial charge in [-0.25, -0.2) is 0 Å². The quantitative estimate of drug-likeness (QED) is 0.679. The van der Waals surface area contributed by atoms with Crippen LogP contribution in [-0.2, 0) is 4.79 Å². The van der Waals surface area contributed by atoms with Gasteiger partial charge in [0.15, 0.2) is 5.78 Å². The molecule has 0 unspecified atom stereocenters. The minimum atomic E-state index is 0.180. The van der Waals surface area contributed by atoms with E-state index >= 15 is 0 Å². The average Bonchev–Trinajstić information content (AvgIpc) is 2.26. The Balaban J connectivity index is 2.52. The Morgan fingerprint density at radius 1 is 1.31 bits per heavy atom. The van der Waals surface area contributed by atoms with Gasteiger partial charge in [0, 0.05) is 6.42 Å².